The number of hydrogen-bond acceptors (Lipinski definition) is 3. The number of carbonyl (C=O) groups excluding carboxylic acids is 1. The van der Waals surface area contributed by atoms with Gasteiger partial charge in [0.25, 0.3) is 5.56 Å². The Bertz CT molecular complexity index is 1280. The van der Waals surface area contributed by atoms with Crippen LogP contribution in [0.3, 0.4) is 0 Å². The predicted octanol–water partition coefficient (Wildman–Crippen LogP) is 3.81. The minimum atomic E-state index is -0.532. The van der Waals surface area contributed by atoms with Crippen molar-refractivity contribution in [3.8, 4) is 0 Å². The first-order chi connectivity index (χ1) is 14.0. The summed E-state index contributed by atoms with van der Waals surface area (Å²) in [6, 6.07) is 14.6. The van der Waals surface area contributed by atoms with Gasteiger partial charge in [-0.25, -0.2) is 4.68 Å². The molecule has 1 N–H and O–H groups in total. The number of amides is 1. The minimum Gasteiger partial charge on any atom is -0.350 e. The Morgan fingerprint density at radius 2 is 1.86 bits per heavy atom. The average molecular weight is 409 g/mol. The molecular formula is C22H21ClN4O2. The van der Waals surface area contributed by atoms with E-state index in [2.05, 4.69) is 10.4 Å². The summed E-state index contributed by atoms with van der Waals surface area (Å²) in [6.07, 6.45) is 2.22. The molecule has 0 saturated heterocycles. The number of benzene rings is 2. The largest absolute Gasteiger partial charge is 0.350 e. The number of rotatable bonds is 5. The molecule has 29 heavy (non-hydrogen) atoms. The van der Waals surface area contributed by atoms with Crippen LogP contribution in [0.25, 0.3) is 21.8 Å². The zero-order chi connectivity index (χ0) is 20.5. The number of para-hydroxylation sites is 1. The zero-order valence-corrected chi connectivity index (χ0v) is 17.0. The molecule has 4 rings (SSSR count). The number of nitrogens with zero attached hydrogens (tertiary/aromatic N) is 3. The van der Waals surface area contributed by atoms with Crippen LogP contribution in [0.2, 0.25) is 5.02 Å². The van der Waals surface area contributed by atoms with Gasteiger partial charge in [-0.15, -0.1) is 0 Å². The number of carbonyl (C=O) groups is 1. The number of aromatic nitrogens is 3. The summed E-state index contributed by atoms with van der Waals surface area (Å²) >= 11 is 6.21. The van der Waals surface area contributed by atoms with Crippen molar-refractivity contribution >= 4 is 39.3 Å². The van der Waals surface area contributed by atoms with Crippen LogP contribution in [0.4, 0.5) is 0 Å². The Kier molecular flexibility index (Phi) is 5.11. The smallest absolute Gasteiger partial charge is 0.291 e. The van der Waals surface area contributed by atoms with Crippen LogP contribution in [-0.4, -0.2) is 20.3 Å². The Labute approximate surface area is 172 Å². The molecule has 7 heteroatoms. The zero-order valence-electron chi connectivity index (χ0n) is 16.2. The lowest BCUT2D eigenvalue weighted by atomic mass is 10.1. The number of nitrogens with one attached hydrogen (secondary N) is 1. The van der Waals surface area contributed by atoms with Crippen LogP contribution >= 0.6 is 11.6 Å². The van der Waals surface area contributed by atoms with Gasteiger partial charge in [0.05, 0.1) is 11.7 Å². The first-order valence-electron chi connectivity index (χ1n) is 9.49. The summed E-state index contributed by atoms with van der Waals surface area (Å²) in [4.78, 5) is 26.1. The molecule has 0 saturated carbocycles. The topological polar surface area (TPSA) is 68.9 Å². The van der Waals surface area contributed by atoms with Crippen LogP contribution in [0.1, 0.15) is 24.9 Å². The molecule has 0 aliphatic rings. The highest BCUT2D eigenvalue weighted by atomic mass is 35.5. The van der Waals surface area contributed by atoms with E-state index in [1.54, 1.807) is 19.3 Å². The third kappa shape index (κ3) is 3.29. The second-order valence-electron chi connectivity index (χ2n) is 6.96. The first kappa shape index (κ1) is 19.2. The van der Waals surface area contributed by atoms with Crippen LogP contribution < -0.4 is 10.9 Å². The van der Waals surface area contributed by atoms with Crippen LogP contribution in [0.15, 0.2) is 59.5 Å². The molecule has 0 aliphatic carbocycles. The summed E-state index contributed by atoms with van der Waals surface area (Å²) < 4.78 is 3.14. The Morgan fingerprint density at radius 1 is 1.14 bits per heavy atom. The molecule has 148 valence electrons. The lowest BCUT2D eigenvalue weighted by Gasteiger charge is -2.19. The number of hydrogen-bond donors (Lipinski definition) is 1. The highest BCUT2D eigenvalue weighted by Crippen LogP contribution is 2.30. The van der Waals surface area contributed by atoms with Gasteiger partial charge in [-0.3, -0.25) is 9.59 Å². The second kappa shape index (κ2) is 7.72. The van der Waals surface area contributed by atoms with Gasteiger partial charge in [-0.1, -0.05) is 54.9 Å². The molecule has 4 aromatic rings. The molecule has 0 spiro atoms. The third-order valence-corrected chi connectivity index (χ3v) is 5.59. The van der Waals surface area contributed by atoms with Crippen molar-refractivity contribution in [2.75, 3.05) is 0 Å². The van der Waals surface area contributed by atoms with E-state index in [0.29, 0.717) is 23.5 Å². The molecule has 0 unspecified atom stereocenters. The number of aryl methyl sites for hydroxylation is 1. The van der Waals surface area contributed by atoms with Crippen molar-refractivity contribution in [1.29, 1.82) is 0 Å². The highest BCUT2D eigenvalue weighted by Gasteiger charge is 2.25. The molecule has 0 fully saturated rings. The van der Waals surface area contributed by atoms with Gasteiger partial charge in [-0.05, 0) is 24.1 Å². The van der Waals surface area contributed by atoms with Gasteiger partial charge in [0, 0.05) is 29.4 Å². The van der Waals surface area contributed by atoms with Gasteiger partial charge in [0.1, 0.15) is 11.6 Å². The second-order valence-corrected chi connectivity index (χ2v) is 7.36. The van der Waals surface area contributed by atoms with Crippen molar-refractivity contribution in [1.82, 2.24) is 19.7 Å². The Hall–Kier alpha value is -3.12. The van der Waals surface area contributed by atoms with Crippen molar-refractivity contribution in [2.24, 2.45) is 7.05 Å². The van der Waals surface area contributed by atoms with Gasteiger partial charge < -0.3 is 9.88 Å². The summed E-state index contributed by atoms with van der Waals surface area (Å²) in [5.74, 6) is -0.158. The normalized spacial score (nSPS) is 12.4. The molecular weight excluding hydrogens is 388 g/mol. The minimum absolute atomic E-state index is 0.158. The third-order valence-electron chi connectivity index (χ3n) is 5.22. The lowest BCUT2D eigenvalue weighted by molar-refractivity contribution is -0.124. The van der Waals surface area contributed by atoms with Crippen molar-refractivity contribution < 1.29 is 4.79 Å². The van der Waals surface area contributed by atoms with Crippen LogP contribution in [0.5, 0.6) is 0 Å². The first-order valence-corrected chi connectivity index (χ1v) is 9.86. The van der Waals surface area contributed by atoms with E-state index in [0.717, 1.165) is 21.9 Å². The van der Waals surface area contributed by atoms with Crippen molar-refractivity contribution in [3.63, 3.8) is 0 Å². The summed E-state index contributed by atoms with van der Waals surface area (Å²) in [5, 5.41) is 9.40. The molecule has 2 heterocycles. The van der Waals surface area contributed by atoms with Gasteiger partial charge in [0.15, 0.2) is 0 Å². The standard InChI is InChI=1S/C22H21ClN4O2/c1-3-18(21(28)24-12-14-8-4-6-10-17(14)23)27-19-11-7-5-9-15(19)16-13-25-26(2)22(29)20(16)27/h4-11,13,18H,3,12H2,1-2H3,(H,24,28)/t18-/m0/s1. The van der Waals surface area contributed by atoms with E-state index < -0.39 is 6.04 Å². The molecule has 1 amide bonds. The van der Waals surface area contributed by atoms with Gasteiger partial charge in [0.2, 0.25) is 5.91 Å². The monoisotopic (exact) mass is 408 g/mol. The summed E-state index contributed by atoms with van der Waals surface area (Å²) in [7, 11) is 1.61. The van der Waals surface area contributed by atoms with E-state index >= 15 is 0 Å². The van der Waals surface area contributed by atoms with Gasteiger partial charge in [-0.2, -0.15) is 5.10 Å². The van der Waals surface area contributed by atoms with E-state index in [-0.39, 0.29) is 11.5 Å². The fourth-order valence-electron chi connectivity index (χ4n) is 3.74. The predicted molar refractivity (Wildman–Crippen MR) is 115 cm³/mol. The molecule has 6 nitrogen and oxygen atoms in total. The maximum Gasteiger partial charge on any atom is 0.291 e. The maximum absolute atomic E-state index is 13.1. The molecule has 0 aliphatic heterocycles. The van der Waals surface area contributed by atoms with E-state index in [4.69, 9.17) is 11.6 Å². The Morgan fingerprint density at radius 3 is 2.62 bits per heavy atom. The summed E-state index contributed by atoms with van der Waals surface area (Å²) in [5.41, 5.74) is 1.95. The fourth-order valence-corrected chi connectivity index (χ4v) is 3.94. The van der Waals surface area contributed by atoms with E-state index in [1.165, 1.54) is 4.68 Å². The van der Waals surface area contributed by atoms with E-state index in [9.17, 15) is 9.59 Å². The molecule has 0 radical (unpaired) electrons. The quantitative estimate of drug-likeness (QED) is 0.546. The highest BCUT2D eigenvalue weighted by molar-refractivity contribution is 6.31. The summed E-state index contributed by atoms with van der Waals surface area (Å²) in [6.45, 7) is 2.26. The molecule has 2 aromatic heterocycles. The molecule has 1 atom stereocenters. The lowest BCUT2D eigenvalue weighted by Crippen LogP contribution is -2.33. The number of fused-ring (bicyclic) bond motifs is 3. The van der Waals surface area contributed by atoms with Crippen LogP contribution in [-0.2, 0) is 18.4 Å². The maximum atomic E-state index is 13.1. The average Bonchev–Trinajstić information content (AvgIpc) is 3.06. The van der Waals surface area contributed by atoms with Crippen LogP contribution in [0, 0.1) is 0 Å². The Balaban J connectivity index is 1.80. The van der Waals surface area contributed by atoms with Crippen molar-refractivity contribution in [3.05, 3.63) is 75.7 Å². The van der Waals surface area contributed by atoms with Gasteiger partial charge >= 0.3 is 0 Å². The molecule has 0 bridgehead atoms. The fraction of sp³-hybridized carbons (Fsp3) is 0.227. The van der Waals surface area contributed by atoms with Crippen molar-refractivity contribution in [2.45, 2.75) is 25.9 Å². The van der Waals surface area contributed by atoms with E-state index in [1.807, 2.05) is 54.0 Å². The SMILES string of the molecule is CC[C@@H](C(=O)NCc1ccccc1Cl)n1c2ccccc2c2cnn(C)c(=O)c21. The molecule has 2 aromatic carbocycles. The number of halogens is 1.